The lowest BCUT2D eigenvalue weighted by Crippen LogP contribution is -2.30. The zero-order chi connectivity index (χ0) is 25.5. The molecular weight excluding hydrogens is 452 g/mol. The molecule has 1 unspecified atom stereocenters. The van der Waals surface area contributed by atoms with Gasteiger partial charge in [0.15, 0.2) is 11.5 Å². The summed E-state index contributed by atoms with van der Waals surface area (Å²) < 4.78 is 5.93. The first kappa shape index (κ1) is 24.9. The Morgan fingerprint density at radius 1 is 1.11 bits per heavy atom. The highest BCUT2D eigenvalue weighted by atomic mass is 16.5. The Bertz CT molecular complexity index is 1270. The number of aromatic nitrogens is 1. The molecule has 1 N–H and O–H groups in total. The third kappa shape index (κ3) is 5.89. The molecule has 1 aliphatic rings. The Hall–Kier alpha value is -4.19. The van der Waals surface area contributed by atoms with Crippen molar-refractivity contribution in [2.45, 2.75) is 32.9 Å². The average molecular weight is 483 g/mol. The number of hydrogen-bond donors (Lipinski definition) is 1. The third-order valence-corrected chi connectivity index (χ3v) is 6.01. The summed E-state index contributed by atoms with van der Waals surface area (Å²) in [4.78, 5) is 32.2. The van der Waals surface area contributed by atoms with Crippen molar-refractivity contribution in [3.8, 4) is 5.75 Å². The second kappa shape index (κ2) is 11.5. The van der Waals surface area contributed by atoms with Crippen LogP contribution in [0.1, 0.15) is 43.0 Å². The maximum absolute atomic E-state index is 13.4. The summed E-state index contributed by atoms with van der Waals surface area (Å²) in [5.41, 5.74) is 2.38. The number of nitrogens with zero attached hydrogens (tertiary/aromatic N) is 2. The van der Waals surface area contributed by atoms with Gasteiger partial charge in [0.1, 0.15) is 5.75 Å². The fourth-order valence-electron chi connectivity index (χ4n) is 4.12. The maximum Gasteiger partial charge on any atom is 0.290 e. The van der Waals surface area contributed by atoms with Crippen molar-refractivity contribution in [3.05, 3.63) is 113 Å². The monoisotopic (exact) mass is 482 g/mol. The van der Waals surface area contributed by atoms with E-state index in [0.717, 1.165) is 17.5 Å². The second-order valence-corrected chi connectivity index (χ2v) is 9.17. The number of aliphatic hydroxyl groups is 1. The Balaban J connectivity index is 1.69. The molecule has 0 saturated heterocycles. The first-order valence-electron chi connectivity index (χ1n) is 12.1. The molecule has 0 saturated carbocycles. The number of amides is 1. The van der Waals surface area contributed by atoms with Gasteiger partial charge >= 0.3 is 0 Å². The molecular formula is C30H30N2O4. The number of aliphatic hydroxyl groups excluding tert-OH is 1. The van der Waals surface area contributed by atoms with E-state index in [9.17, 15) is 14.7 Å². The SMILES string of the molecule is CC(C)CCOc1cccc(C2C(C(=O)/C=C/c3ccccc3)=C(O)C(=O)N2Cc2cccnc2)c1. The first-order chi connectivity index (χ1) is 17.4. The Morgan fingerprint density at radius 3 is 2.64 bits per heavy atom. The summed E-state index contributed by atoms with van der Waals surface area (Å²) in [5.74, 6) is -0.380. The van der Waals surface area contributed by atoms with Crippen LogP contribution in [0.4, 0.5) is 0 Å². The maximum atomic E-state index is 13.4. The molecule has 6 nitrogen and oxygen atoms in total. The highest BCUT2D eigenvalue weighted by Crippen LogP contribution is 2.40. The molecule has 1 aliphatic heterocycles. The predicted octanol–water partition coefficient (Wildman–Crippen LogP) is 5.68. The molecule has 4 rings (SSSR count). The van der Waals surface area contributed by atoms with E-state index in [1.807, 2.05) is 60.7 Å². The molecule has 1 aromatic heterocycles. The largest absolute Gasteiger partial charge is 0.503 e. The van der Waals surface area contributed by atoms with Gasteiger partial charge in [-0.25, -0.2) is 0 Å². The van der Waals surface area contributed by atoms with E-state index in [2.05, 4.69) is 18.8 Å². The topological polar surface area (TPSA) is 79.7 Å². The number of hydrogen-bond acceptors (Lipinski definition) is 5. The minimum atomic E-state index is -0.765. The third-order valence-electron chi connectivity index (χ3n) is 6.01. The number of pyridine rings is 1. The highest BCUT2D eigenvalue weighted by molar-refractivity contribution is 6.14. The van der Waals surface area contributed by atoms with Crippen molar-refractivity contribution in [2.24, 2.45) is 5.92 Å². The molecule has 184 valence electrons. The van der Waals surface area contributed by atoms with Crippen molar-refractivity contribution >= 4 is 17.8 Å². The van der Waals surface area contributed by atoms with Crippen molar-refractivity contribution in [1.29, 1.82) is 0 Å². The summed E-state index contributed by atoms with van der Waals surface area (Å²) in [7, 11) is 0. The van der Waals surface area contributed by atoms with Gasteiger partial charge in [-0.1, -0.05) is 68.5 Å². The number of benzene rings is 2. The minimum Gasteiger partial charge on any atom is -0.503 e. The summed E-state index contributed by atoms with van der Waals surface area (Å²) in [6, 6.07) is 19.7. The molecule has 0 aliphatic carbocycles. The van der Waals surface area contributed by atoms with Crippen LogP contribution in [0, 0.1) is 5.92 Å². The normalized spacial score (nSPS) is 15.8. The fraction of sp³-hybridized carbons (Fsp3) is 0.233. The lowest BCUT2D eigenvalue weighted by Gasteiger charge is -2.27. The molecule has 2 aromatic carbocycles. The van der Waals surface area contributed by atoms with Crippen LogP contribution >= 0.6 is 0 Å². The zero-order valence-electron chi connectivity index (χ0n) is 20.5. The number of allylic oxidation sites excluding steroid dienone is 1. The van der Waals surface area contributed by atoms with E-state index in [-0.39, 0.29) is 12.1 Å². The minimum absolute atomic E-state index is 0.0513. The van der Waals surface area contributed by atoms with Gasteiger partial charge < -0.3 is 14.7 Å². The van der Waals surface area contributed by atoms with Crippen LogP contribution in [0.3, 0.4) is 0 Å². The molecule has 0 fully saturated rings. The fourth-order valence-corrected chi connectivity index (χ4v) is 4.12. The van der Waals surface area contributed by atoms with Crippen LogP contribution in [-0.4, -0.2) is 33.3 Å². The predicted molar refractivity (Wildman–Crippen MR) is 139 cm³/mol. The van der Waals surface area contributed by atoms with Crippen LogP contribution in [0.2, 0.25) is 0 Å². The van der Waals surface area contributed by atoms with E-state index in [4.69, 9.17) is 4.74 Å². The molecule has 0 radical (unpaired) electrons. The number of carbonyl (C=O) groups is 2. The van der Waals surface area contributed by atoms with Gasteiger partial charge in [0, 0.05) is 18.9 Å². The smallest absolute Gasteiger partial charge is 0.290 e. The van der Waals surface area contributed by atoms with Crippen molar-refractivity contribution in [2.75, 3.05) is 6.61 Å². The van der Waals surface area contributed by atoms with Crippen molar-refractivity contribution in [3.63, 3.8) is 0 Å². The quantitative estimate of drug-likeness (QED) is 0.376. The van der Waals surface area contributed by atoms with Crippen LogP contribution in [0.25, 0.3) is 6.08 Å². The standard InChI is InChI=1S/C30H30N2O4/c1-21(2)15-17-36-25-12-6-11-24(18-25)28-27(26(33)14-13-22-8-4-3-5-9-22)29(34)30(35)32(28)20-23-10-7-16-31-19-23/h3-14,16,18-19,21,28,34H,15,17,20H2,1-2H3/b14-13+. The van der Waals surface area contributed by atoms with Crippen molar-refractivity contribution in [1.82, 2.24) is 9.88 Å². The summed E-state index contributed by atoms with van der Waals surface area (Å²) in [6.07, 6.45) is 7.32. The molecule has 6 heteroatoms. The molecule has 36 heavy (non-hydrogen) atoms. The Morgan fingerprint density at radius 2 is 1.92 bits per heavy atom. The molecule has 1 amide bonds. The molecule has 2 heterocycles. The average Bonchev–Trinajstić information content (AvgIpc) is 3.13. The second-order valence-electron chi connectivity index (χ2n) is 9.17. The Labute approximate surface area is 211 Å². The van der Waals surface area contributed by atoms with Gasteiger partial charge in [-0.05, 0) is 53.3 Å². The molecule has 1 atom stereocenters. The van der Waals surface area contributed by atoms with E-state index >= 15 is 0 Å². The van der Waals surface area contributed by atoms with E-state index < -0.39 is 23.5 Å². The molecule has 3 aromatic rings. The first-order valence-corrected chi connectivity index (χ1v) is 12.1. The number of carbonyl (C=O) groups excluding carboxylic acids is 2. The van der Waals surface area contributed by atoms with Gasteiger partial charge in [-0.3, -0.25) is 14.6 Å². The van der Waals surface area contributed by atoms with E-state index in [1.165, 1.54) is 11.0 Å². The lowest BCUT2D eigenvalue weighted by molar-refractivity contribution is -0.130. The van der Waals surface area contributed by atoms with Crippen LogP contribution in [0.5, 0.6) is 5.75 Å². The van der Waals surface area contributed by atoms with Crippen LogP contribution < -0.4 is 4.74 Å². The summed E-state index contributed by atoms with van der Waals surface area (Å²) >= 11 is 0. The zero-order valence-corrected chi connectivity index (χ0v) is 20.5. The van der Waals surface area contributed by atoms with E-state index in [1.54, 1.807) is 24.5 Å². The van der Waals surface area contributed by atoms with Gasteiger partial charge in [0.05, 0.1) is 18.2 Å². The highest BCUT2D eigenvalue weighted by Gasteiger charge is 2.43. The van der Waals surface area contributed by atoms with Crippen LogP contribution in [-0.2, 0) is 16.1 Å². The summed E-state index contributed by atoms with van der Waals surface area (Å²) in [5, 5.41) is 10.9. The summed E-state index contributed by atoms with van der Waals surface area (Å²) in [6.45, 7) is 5.03. The lowest BCUT2D eigenvalue weighted by atomic mass is 9.95. The number of ketones is 1. The van der Waals surface area contributed by atoms with Gasteiger partial charge in [-0.15, -0.1) is 0 Å². The van der Waals surface area contributed by atoms with Crippen LogP contribution in [0.15, 0.2) is 96.5 Å². The van der Waals surface area contributed by atoms with Gasteiger partial charge in [-0.2, -0.15) is 0 Å². The number of rotatable bonds is 10. The Kier molecular flexibility index (Phi) is 7.95. The number of ether oxygens (including phenoxy) is 1. The van der Waals surface area contributed by atoms with Crippen molar-refractivity contribution < 1.29 is 19.4 Å². The van der Waals surface area contributed by atoms with Gasteiger partial charge in [0.25, 0.3) is 5.91 Å². The van der Waals surface area contributed by atoms with Gasteiger partial charge in [0.2, 0.25) is 0 Å². The molecule has 0 spiro atoms. The molecule has 0 bridgehead atoms. The van der Waals surface area contributed by atoms with E-state index in [0.29, 0.717) is 23.8 Å².